The van der Waals surface area contributed by atoms with Gasteiger partial charge in [0.25, 0.3) is 10.4 Å². The molecule has 0 aromatic rings. The molecule has 0 aliphatic heterocycles. The van der Waals surface area contributed by atoms with Crippen molar-refractivity contribution in [2.75, 3.05) is 0 Å². The summed E-state index contributed by atoms with van der Waals surface area (Å²) in [5.74, 6) is 3.01. The van der Waals surface area contributed by atoms with E-state index < -0.39 is 28.0 Å². The fourth-order valence-corrected chi connectivity index (χ4v) is 9.65. The molecule has 10 atom stereocenters. The molecule has 0 aromatic heterocycles. The first-order valence-corrected chi connectivity index (χ1v) is 14.9. The van der Waals surface area contributed by atoms with Gasteiger partial charge in [-0.25, -0.2) is 8.42 Å². The molecule has 196 valence electrons. The third-order valence-electron chi connectivity index (χ3n) is 10.8. The topological polar surface area (TPSA) is 107 Å². The number of fused-ring (bicyclic) bond motifs is 5. The van der Waals surface area contributed by atoms with Crippen molar-refractivity contribution in [2.24, 2.45) is 52.3 Å². The first-order valence-electron chi connectivity index (χ1n) is 13.5. The Bertz CT molecular complexity index is 890. The van der Waals surface area contributed by atoms with E-state index in [0.717, 1.165) is 25.2 Å². The molecule has 2 N–H and O–H groups in total. The summed E-state index contributed by atoms with van der Waals surface area (Å²) in [6.07, 6.45) is 9.08. The van der Waals surface area contributed by atoms with E-state index in [2.05, 4.69) is 27.7 Å². The number of hydrogen-bond acceptors (Lipinski definition) is 6. The van der Waals surface area contributed by atoms with E-state index in [-0.39, 0.29) is 52.6 Å². The largest absolute Gasteiger partial charge is 1.00 e. The molecule has 4 rings (SSSR count). The summed E-state index contributed by atoms with van der Waals surface area (Å²) in [6, 6.07) is 0. The van der Waals surface area contributed by atoms with Gasteiger partial charge in [0.1, 0.15) is 11.9 Å². The van der Waals surface area contributed by atoms with Gasteiger partial charge in [0.15, 0.2) is 0 Å². The molecule has 0 saturated heterocycles. The zero-order valence-electron chi connectivity index (χ0n) is 22.6. The maximum atomic E-state index is 11.6. The van der Waals surface area contributed by atoms with Crippen LogP contribution in [-0.4, -0.2) is 35.4 Å². The van der Waals surface area contributed by atoms with Gasteiger partial charge in [-0.3, -0.25) is 0 Å². The standard InChI is InChI=1S/C27H46O6S.Na/c1-16(2)7-6-8-17(3)19-11-12-20-18-9-10-22-25(29)23(28)15-24(33-34(30,31)32)27(22,5)21(18)13-14-26(19,20)4;/h15-23,25,28-29H,6-14H2,1-5H3,(H,30,31,32);/q;+1/p-1/t17-,18+,19-,20+,21+,22?,23?,25?,26-,27-;/m1./s1. The van der Waals surface area contributed by atoms with Crippen molar-refractivity contribution < 1.29 is 56.9 Å². The van der Waals surface area contributed by atoms with Crippen molar-refractivity contribution >= 4 is 10.4 Å². The Hall–Kier alpha value is 0.370. The van der Waals surface area contributed by atoms with Crippen LogP contribution >= 0.6 is 0 Å². The van der Waals surface area contributed by atoms with E-state index in [1.165, 1.54) is 38.2 Å². The minimum Gasteiger partial charge on any atom is -0.716 e. The van der Waals surface area contributed by atoms with Crippen LogP contribution in [0.1, 0.15) is 92.4 Å². The van der Waals surface area contributed by atoms with Crippen LogP contribution in [0.25, 0.3) is 0 Å². The van der Waals surface area contributed by atoms with E-state index >= 15 is 0 Å². The number of aliphatic hydroxyl groups excluding tert-OH is 2. The van der Waals surface area contributed by atoms with Crippen molar-refractivity contribution in [3.05, 3.63) is 11.8 Å². The molecule has 3 unspecified atom stereocenters. The smallest absolute Gasteiger partial charge is 0.716 e. The molecule has 0 heterocycles. The van der Waals surface area contributed by atoms with Gasteiger partial charge in [0.05, 0.1) is 6.10 Å². The third kappa shape index (κ3) is 5.44. The molecular formula is C27H45NaO6S. The summed E-state index contributed by atoms with van der Waals surface area (Å²) in [4.78, 5) is 0. The molecule has 3 fully saturated rings. The summed E-state index contributed by atoms with van der Waals surface area (Å²) in [5.41, 5.74) is -0.481. The van der Waals surface area contributed by atoms with Crippen LogP contribution in [0.4, 0.5) is 0 Å². The fraction of sp³-hybridized carbons (Fsp3) is 0.926. The molecule has 0 amide bonds. The average molecular weight is 521 g/mol. The molecule has 4 aliphatic rings. The molecule has 35 heavy (non-hydrogen) atoms. The van der Waals surface area contributed by atoms with Gasteiger partial charge in [-0.1, -0.05) is 53.9 Å². The SMILES string of the molecule is CC(C)CCC[C@@H](C)[C@H]1CC[C@H]2[C@@H]3CCC4C(O)C(O)C=C(OS(=O)(=O)[O-])[C@]4(C)[C@H]3CC[C@]12C.[Na+]. The molecule has 4 aliphatic carbocycles. The maximum Gasteiger partial charge on any atom is 1.00 e. The Morgan fingerprint density at radius 2 is 1.69 bits per heavy atom. The quantitative estimate of drug-likeness (QED) is 0.302. The second-order valence-electron chi connectivity index (χ2n) is 12.9. The summed E-state index contributed by atoms with van der Waals surface area (Å²) in [6.45, 7) is 11.5. The van der Waals surface area contributed by atoms with E-state index in [1.54, 1.807) is 0 Å². The number of allylic oxidation sites excluding steroid dienone is 1. The molecule has 6 nitrogen and oxygen atoms in total. The Morgan fingerprint density at radius 1 is 1.03 bits per heavy atom. The van der Waals surface area contributed by atoms with Crippen LogP contribution in [0, 0.1) is 52.3 Å². The van der Waals surface area contributed by atoms with Crippen molar-refractivity contribution in [1.82, 2.24) is 0 Å². The molecule has 3 saturated carbocycles. The van der Waals surface area contributed by atoms with Crippen LogP contribution < -0.4 is 29.6 Å². The number of hydrogen-bond donors (Lipinski definition) is 2. The molecular weight excluding hydrogens is 475 g/mol. The van der Waals surface area contributed by atoms with Gasteiger partial charge in [-0.15, -0.1) is 0 Å². The second kappa shape index (κ2) is 10.9. The Labute approximate surface area is 234 Å². The third-order valence-corrected chi connectivity index (χ3v) is 11.2. The Balaban J connectivity index is 0.00000342. The average Bonchev–Trinajstić information content (AvgIpc) is 3.08. The monoisotopic (exact) mass is 520 g/mol. The van der Waals surface area contributed by atoms with Gasteiger partial charge in [-0.2, -0.15) is 0 Å². The molecule has 0 aromatic carbocycles. The Kier molecular flexibility index (Phi) is 9.28. The van der Waals surface area contributed by atoms with Crippen LogP contribution in [0.5, 0.6) is 0 Å². The van der Waals surface area contributed by atoms with Gasteiger partial charge >= 0.3 is 29.6 Å². The summed E-state index contributed by atoms with van der Waals surface area (Å²) >= 11 is 0. The second-order valence-corrected chi connectivity index (χ2v) is 13.9. The number of rotatable bonds is 7. The summed E-state index contributed by atoms with van der Waals surface area (Å²) in [5, 5.41) is 21.2. The van der Waals surface area contributed by atoms with Crippen molar-refractivity contribution in [2.45, 2.75) is 105 Å². The predicted octanol–water partition coefficient (Wildman–Crippen LogP) is 2.02. The van der Waals surface area contributed by atoms with Crippen LogP contribution in [0.2, 0.25) is 0 Å². The van der Waals surface area contributed by atoms with E-state index in [4.69, 9.17) is 4.18 Å². The zero-order valence-corrected chi connectivity index (χ0v) is 25.4. The maximum absolute atomic E-state index is 11.6. The van der Waals surface area contributed by atoms with Crippen molar-refractivity contribution in [3.63, 3.8) is 0 Å². The predicted molar refractivity (Wildman–Crippen MR) is 130 cm³/mol. The van der Waals surface area contributed by atoms with Gasteiger partial charge in [0.2, 0.25) is 0 Å². The van der Waals surface area contributed by atoms with E-state index in [9.17, 15) is 23.2 Å². The van der Waals surface area contributed by atoms with E-state index in [1.807, 2.05) is 6.92 Å². The van der Waals surface area contributed by atoms with Crippen molar-refractivity contribution in [3.8, 4) is 0 Å². The van der Waals surface area contributed by atoms with Gasteiger partial charge < -0.3 is 18.9 Å². The Morgan fingerprint density at radius 3 is 2.31 bits per heavy atom. The minimum absolute atomic E-state index is 0. The molecule has 0 spiro atoms. The van der Waals surface area contributed by atoms with Gasteiger partial charge in [-0.05, 0) is 85.5 Å². The fourth-order valence-electron chi connectivity index (χ4n) is 9.20. The normalized spacial score (nSPS) is 43.9. The number of aliphatic hydroxyl groups is 2. The molecule has 0 radical (unpaired) electrons. The van der Waals surface area contributed by atoms with Crippen molar-refractivity contribution in [1.29, 1.82) is 0 Å². The summed E-state index contributed by atoms with van der Waals surface area (Å²) < 4.78 is 39.7. The first kappa shape index (κ1) is 29.9. The molecule has 8 heteroatoms. The van der Waals surface area contributed by atoms with Gasteiger partial charge in [0, 0.05) is 11.3 Å². The van der Waals surface area contributed by atoms with Crippen LogP contribution in [0.3, 0.4) is 0 Å². The minimum atomic E-state index is -4.97. The first-order chi connectivity index (χ1) is 15.8. The van der Waals surface area contributed by atoms with Crippen LogP contribution in [-0.2, 0) is 14.6 Å². The van der Waals surface area contributed by atoms with E-state index in [0.29, 0.717) is 30.1 Å². The molecule has 0 bridgehead atoms. The zero-order chi connectivity index (χ0) is 25.1. The van der Waals surface area contributed by atoms with Crippen LogP contribution in [0.15, 0.2) is 11.8 Å². The summed E-state index contributed by atoms with van der Waals surface area (Å²) in [7, 11) is -4.97.